The van der Waals surface area contributed by atoms with E-state index >= 15 is 4.39 Å². The highest BCUT2D eigenvalue weighted by molar-refractivity contribution is 5.95. The van der Waals surface area contributed by atoms with Crippen LogP contribution in [0.15, 0.2) is 54.6 Å². The van der Waals surface area contributed by atoms with Crippen molar-refractivity contribution in [2.75, 3.05) is 11.1 Å². The van der Waals surface area contributed by atoms with Crippen molar-refractivity contribution in [1.82, 2.24) is 9.97 Å². The fourth-order valence-corrected chi connectivity index (χ4v) is 3.94. The number of hydrogen-bond donors (Lipinski definition) is 3. The first-order valence-corrected chi connectivity index (χ1v) is 11.0. The minimum Gasteiger partial charge on any atom is -0.383 e. The highest BCUT2D eigenvalue weighted by Gasteiger charge is 2.30. The molecule has 0 aliphatic rings. The number of nitrogens with one attached hydrogen (secondary N) is 1. The van der Waals surface area contributed by atoms with Gasteiger partial charge in [-0.3, -0.25) is 9.59 Å². The van der Waals surface area contributed by atoms with E-state index in [0.717, 1.165) is 12.1 Å². The van der Waals surface area contributed by atoms with Crippen molar-refractivity contribution >= 4 is 34.2 Å². The van der Waals surface area contributed by atoms with E-state index in [-0.39, 0.29) is 46.5 Å². The second-order valence-electron chi connectivity index (χ2n) is 8.44. The Kier molecular flexibility index (Phi) is 6.80. The summed E-state index contributed by atoms with van der Waals surface area (Å²) in [5.74, 6) is -1.95. The third kappa shape index (κ3) is 5.66. The second-order valence-corrected chi connectivity index (χ2v) is 8.44. The van der Waals surface area contributed by atoms with E-state index < -0.39 is 29.4 Å². The Morgan fingerprint density at radius 1 is 0.973 bits per heavy atom. The van der Waals surface area contributed by atoms with Gasteiger partial charge in [0.25, 0.3) is 0 Å². The molecule has 11 heteroatoms. The minimum atomic E-state index is -4.51. The van der Waals surface area contributed by atoms with E-state index in [1.165, 1.54) is 24.3 Å². The van der Waals surface area contributed by atoms with Crippen LogP contribution in [0, 0.1) is 12.7 Å². The number of benzene rings is 3. The number of carbonyl (C=O) groups excluding carboxylic acids is 2. The molecule has 4 aromatic rings. The van der Waals surface area contributed by atoms with E-state index in [2.05, 4.69) is 15.3 Å². The number of nitrogen functional groups attached to an aromatic ring is 1. The highest BCUT2D eigenvalue weighted by Crippen LogP contribution is 2.34. The Morgan fingerprint density at radius 2 is 1.73 bits per heavy atom. The number of primary amides is 1. The van der Waals surface area contributed by atoms with Crippen molar-refractivity contribution in [3.63, 3.8) is 0 Å². The number of nitrogens with zero attached hydrogens (tertiary/aromatic N) is 2. The molecule has 0 bridgehead atoms. The van der Waals surface area contributed by atoms with Gasteiger partial charge in [0, 0.05) is 11.3 Å². The zero-order valence-electron chi connectivity index (χ0n) is 19.5. The summed E-state index contributed by atoms with van der Waals surface area (Å²) >= 11 is 0. The van der Waals surface area contributed by atoms with Crippen LogP contribution in [0.3, 0.4) is 0 Å². The lowest BCUT2D eigenvalue weighted by atomic mass is 9.97. The molecule has 7 nitrogen and oxygen atoms in total. The lowest BCUT2D eigenvalue weighted by molar-refractivity contribution is -0.137. The molecular formula is C26H21F4N5O2. The maximum atomic E-state index is 15.6. The van der Waals surface area contributed by atoms with Gasteiger partial charge in [0.2, 0.25) is 11.8 Å². The Hall–Kier alpha value is -4.54. The predicted octanol–water partition coefficient (Wildman–Crippen LogP) is 4.55. The summed E-state index contributed by atoms with van der Waals surface area (Å²) in [5.41, 5.74) is 12.3. The maximum Gasteiger partial charge on any atom is 0.416 e. The molecule has 190 valence electrons. The first kappa shape index (κ1) is 25.5. The predicted molar refractivity (Wildman–Crippen MR) is 131 cm³/mol. The molecule has 1 aromatic heterocycles. The molecule has 0 aliphatic heterocycles. The van der Waals surface area contributed by atoms with E-state index in [1.807, 2.05) is 0 Å². The third-order valence-electron chi connectivity index (χ3n) is 5.64. The van der Waals surface area contributed by atoms with Crippen LogP contribution in [-0.4, -0.2) is 21.8 Å². The van der Waals surface area contributed by atoms with Gasteiger partial charge >= 0.3 is 6.18 Å². The molecule has 0 unspecified atom stereocenters. The molecular weight excluding hydrogens is 490 g/mol. The molecule has 2 amide bonds. The molecule has 3 aromatic carbocycles. The lowest BCUT2D eigenvalue weighted by Gasteiger charge is -2.14. The van der Waals surface area contributed by atoms with E-state index in [0.29, 0.717) is 16.8 Å². The van der Waals surface area contributed by atoms with E-state index in [9.17, 15) is 22.8 Å². The van der Waals surface area contributed by atoms with Gasteiger partial charge in [0.15, 0.2) is 0 Å². The molecule has 37 heavy (non-hydrogen) atoms. The number of aryl methyl sites for hydroxylation is 1. The summed E-state index contributed by atoms with van der Waals surface area (Å²) in [7, 11) is 0. The number of alkyl halides is 3. The average Bonchev–Trinajstić information content (AvgIpc) is 2.79. The summed E-state index contributed by atoms with van der Waals surface area (Å²) < 4.78 is 54.4. The second kappa shape index (κ2) is 9.84. The number of carbonyl (C=O) groups is 2. The van der Waals surface area contributed by atoms with Crippen molar-refractivity contribution in [3.8, 4) is 11.1 Å². The standard InChI is InChI=1S/C26H21F4N5O2/c1-13-5-6-16(33-22(37)10-14-3-2-4-15(9-14)26(28,29)30)11-18(13)17-7-8-19-23(24(17)27)25(32)35-21(34-19)12-20(31)36/h2-9,11H,10,12H2,1H3,(H2,31,36)(H,33,37)(H2,32,34,35). The fourth-order valence-electron chi connectivity index (χ4n) is 3.94. The smallest absolute Gasteiger partial charge is 0.383 e. The lowest BCUT2D eigenvalue weighted by Crippen LogP contribution is -2.16. The zero-order chi connectivity index (χ0) is 26.9. The number of aromatic nitrogens is 2. The van der Waals surface area contributed by atoms with Gasteiger partial charge in [-0.1, -0.05) is 24.3 Å². The molecule has 0 atom stereocenters. The number of nitrogens with two attached hydrogens (primary N) is 2. The molecule has 0 radical (unpaired) electrons. The third-order valence-corrected chi connectivity index (χ3v) is 5.64. The normalized spacial score (nSPS) is 11.5. The fraction of sp³-hybridized carbons (Fsp3) is 0.154. The molecule has 5 N–H and O–H groups in total. The van der Waals surface area contributed by atoms with Crippen LogP contribution >= 0.6 is 0 Å². The van der Waals surface area contributed by atoms with Crippen LogP contribution in [0.4, 0.5) is 29.1 Å². The molecule has 0 fully saturated rings. The van der Waals surface area contributed by atoms with Crippen LogP contribution < -0.4 is 16.8 Å². The number of anilines is 2. The van der Waals surface area contributed by atoms with Crippen molar-refractivity contribution in [2.24, 2.45) is 5.73 Å². The Morgan fingerprint density at radius 3 is 2.43 bits per heavy atom. The van der Waals surface area contributed by atoms with Crippen LogP contribution in [0.5, 0.6) is 0 Å². The summed E-state index contributed by atoms with van der Waals surface area (Å²) in [4.78, 5) is 31.8. The zero-order valence-corrected chi connectivity index (χ0v) is 19.5. The first-order valence-electron chi connectivity index (χ1n) is 11.0. The SMILES string of the molecule is Cc1ccc(NC(=O)Cc2cccc(C(F)(F)F)c2)cc1-c1ccc2nc(CC(N)=O)nc(N)c2c1F. The van der Waals surface area contributed by atoms with Gasteiger partial charge in [0.1, 0.15) is 17.5 Å². The number of rotatable bonds is 6. The number of halogens is 4. The van der Waals surface area contributed by atoms with Gasteiger partial charge in [-0.15, -0.1) is 0 Å². The van der Waals surface area contributed by atoms with Gasteiger partial charge in [0.05, 0.1) is 29.3 Å². The molecule has 4 rings (SSSR count). The topological polar surface area (TPSA) is 124 Å². The van der Waals surface area contributed by atoms with Gasteiger partial charge in [-0.25, -0.2) is 14.4 Å². The highest BCUT2D eigenvalue weighted by atomic mass is 19.4. The Balaban J connectivity index is 1.62. The maximum absolute atomic E-state index is 15.6. The Bertz CT molecular complexity index is 1540. The largest absolute Gasteiger partial charge is 0.416 e. The molecule has 0 spiro atoms. The van der Waals surface area contributed by atoms with Crippen LogP contribution in [0.1, 0.15) is 22.5 Å². The summed E-state index contributed by atoms with van der Waals surface area (Å²) in [6.45, 7) is 1.75. The van der Waals surface area contributed by atoms with Crippen LogP contribution in [0.2, 0.25) is 0 Å². The van der Waals surface area contributed by atoms with Crippen molar-refractivity contribution in [3.05, 3.63) is 82.9 Å². The molecule has 0 saturated carbocycles. The van der Waals surface area contributed by atoms with Gasteiger partial charge in [-0.2, -0.15) is 13.2 Å². The summed E-state index contributed by atoms with van der Waals surface area (Å²) in [5, 5.41) is 2.62. The van der Waals surface area contributed by atoms with Gasteiger partial charge in [-0.05, 0) is 53.9 Å². The number of fused-ring (bicyclic) bond motifs is 1. The van der Waals surface area contributed by atoms with Crippen molar-refractivity contribution in [2.45, 2.75) is 25.9 Å². The molecule has 0 saturated heterocycles. The number of amides is 2. The average molecular weight is 511 g/mol. The minimum absolute atomic E-state index is 0.0240. The van der Waals surface area contributed by atoms with Crippen LogP contribution in [0.25, 0.3) is 22.0 Å². The molecule has 1 heterocycles. The van der Waals surface area contributed by atoms with E-state index in [4.69, 9.17) is 11.5 Å². The molecule has 0 aliphatic carbocycles. The summed E-state index contributed by atoms with van der Waals surface area (Å²) in [6.07, 6.45) is -5.04. The van der Waals surface area contributed by atoms with Crippen LogP contribution in [-0.2, 0) is 28.6 Å². The van der Waals surface area contributed by atoms with Crippen molar-refractivity contribution in [1.29, 1.82) is 0 Å². The Labute approximate surface area is 208 Å². The first-order chi connectivity index (χ1) is 17.4. The number of hydrogen-bond acceptors (Lipinski definition) is 5. The quantitative estimate of drug-likeness (QED) is 0.328. The van der Waals surface area contributed by atoms with Crippen molar-refractivity contribution < 1.29 is 27.2 Å². The van der Waals surface area contributed by atoms with Gasteiger partial charge < -0.3 is 16.8 Å². The summed E-state index contributed by atoms with van der Waals surface area (Å²) in [6, 6.07) is 12.4. The monoisotopic (exact) mass is 511 g/mol. The van der Waals surface area contributed by atoms with E-state index in [1.54, 1.807) is 25.1 Å².